The lowest BCUT2D eigenvalue weighted by Gasteiger charge is -2.28. The molecule has 16 heavy (non-hydrogen) atoms. The van der Waals surface area contributed by atoms with Crippen molar-refractivity contribution in [3.63, 3.8) is 0 Å². The Bertz CT molecular complexity index is 348. The number of anilines is 2. The van der Waals surface area contributed by atoms with E-state index in [2.05, 4.69) is 10.4 Å². The Morgan fingerprint density at radius 2 is 2.00 bits per heavy atom. The van der Waals surface area contributed by atoms with E-state index in [-0.39, 0.29) is 0 Å². The van der Waals surface area contributed by atoms with Crippen LogP contribution in [0.25, 0.3) is 0 Å². The minimum Gasteiger partial charge on any atom is -0.497 e. The van der Waals surface area contributed by atoms with Crippen LogP contribution in [0.1, 0.15) is 19.3 Å². The van der Waals surface area contributed by atoms with Gasteiger partial charge in [-0.05, 0) is 25.0 Å². The number of rotatable bonds is 3. The number of benzene rings is 1. The number of nitrogen functional groups attached to an aromatic ring is 1. The van der Waals surface area contributed by atoms with Gasteiger partial charge in [0, 0.05) is 19.2 Å². The van der Waals surface area contributed by atoms with Crippen LogP contribution in [0.3, 0.4) is 0 Å². The lowest BCUT2D eigenvalue weighted by Crippen LogP contribution is -2.35. The van der Waals surface area contributed by atoms with Crippen LogP contribution >= 0.6 is 0 Å². The van der Waals surface area contributed by atoms with E-state index in [9.17, 15) is 0 Å². The minimum atomic E-state index is 0.756. The zero-order chi connectivity index (χ0) is 11.4. The molecule has 88 valence electrons. The Morgan fingerprint density at radius 3 is 2.69 bits per heavy atom. The van der Waals surface area contributed by atoms with Crippen LogP contribution in [-0.2, 0) is 0 Å². The van der Waals surface area contributed by atoms with Crippen molar-refractivity contribution in [1.82, 2.24) is 5.01 Å². The maximum atomic E-state index is 5.92. The monoisotopic (exact) mass is 221 g/mol. The second-order valence-corrected chi connectivity index (χ2v) is 4.11. The molecule has 0 bridgehead atoms. The molecule has 4 nitrogen and oxygen atoms in total. The van der Waals surface area contributed by atoms with Crippen molar-refractivity contribution < 1.29 is 4.74 Å². The van der Waals surface area contributed by atoms with Crippen LogP contribution in [-0.4, -0.2) is 25.2 Å². The van der Waals surface area contributed by atoms with Crippen LogP contribution in [0, 0.1) is 0 Å². The largest absolute Gasteiger partial charge is 0.497 e. The number of nitrogens with two attached hydrogens (primary N) is 1. The molecule has 2 rings (SSSR count). The summed E-state index contributed by atoms with van der Waals surface area (Å²) in [5, 5.41) is 2.22. The molecular weight excluding hydrogens is 202 g/mol. The summed E-state index contributed by atoms with van der Waals surface area (Å²) in [6.45, 7) is 2.16. The summed E-state index contributed by atoms with van der Waals surface area (Å²) in [5.74, 6) is 0.828. The molecule has 3 N–H and O–H groups in total. The Balaban J connectivity index is 2.06. The summed E-state index contributed by atoms with van der Waals surface area (Å²) in [6.07, 6.45) is 3.82. The van der Waals surface area contributed by atoms with E-state index in [1.54, 1.807) is 7.11 Å². The fourth-order valence-electron chi connectivity index (χ4n) is 1.94. The lowest BCUT2D eigenvalue weighted by molar-refractivity contribution is 0.273. The Morgan fingerprint density at radius 1 is 1.25 bits per heavy atom. The van der Waals surface area contributed by atoms with Crippen molar-refractivity contribution in [3.8, 4) is 5.75 Å². The Hall–Kier alpha value is -1.42. The Kier molecular flexibility index (Phi) is 3.51. The van der Waals surface area contributed by atoms with Gasteiger partial charge in [0.25, 0.3) is 0 Å². The molecule has 0 aliphatic carbocycles. The average molecular weight is 221 g/mol. The quantitative estimate of drug-likeness (QED) is 0.767. The number of ether oxygens (including phenoxy) is 1. The highest BCUT2D eigenvalue weighted by molar-refractivity contribution is 5.67. The first-order valence-corrected chi connectivity index (χ1v) is 5.75. The van der Waals surface area contributed by atoms with E-state index in [0.29, 0.717) is 0 Å². The van der Waals surface area contributed by atoms with Crippen molar-refractivity contribution in [1.29, 1.82) is 0 Å². The third-order valence-corrected chi connectivity index (χ3v) is 2.90. The number of hydrazine groups is 1. The van der Waals surface area contributed by atoms with Gasteiger partial charge in [-0.3, -0.25) is 0 Å². The number of nitrogens with zero attached hydrogens (tertiary/aromatic N) is 1. The van der Waals surface area contributed by atoms with Crippen LogP contribution in [0.5, 0.6) is 5.75 Å². The van der Waals surface area contributed by atoms with Crippen molar-refractivity contribution in [2.45, 2.75) is 19.3 Å². The maximum absolute atomic E-state index is 5.92. The summed E-state index contributed by atoms with van der Waals surface area (Å²) in [4.78, 5) is 0. The average Bonchev–Trinajstić information content (AvgIpc) is 2.33. The molecule has 0 unspecified atom stereocenters. The molecule has 1 aliphatic rings. The SMILES string of the molecule is COc1ccc(N)c(NN2CCCCC2)c1. The molecule has 1 aromatic rings. The summed E-state index contributed by atoms with van der Waals surface area (Å²) < 4.78 is 5.18. The molecule has 1 saturated heterocycles. The van der Waals surface area contributed by atoms with Crippen LogP contribution in [0.4, 0.5) is 11.4 Å². The molecule has 4 heteroatoms. The highest BCUT2D eigenvalue weighted by Crippen LogP contribution is 2.25. The number of nitrogens with one attached hydrogen (secondary N) is 1. The van der Waals surface area contributed by atoms with Gasteiger partial charge < -0.3 is 15.9 Å². The summed E-state index contributed by atoms with van der Waals surface area (Å²) in [7, 11) is 1.66. The van der Waals surface area contributed by atoms with Crippen molar-refractivity contribution >= 4 is 11.4 Å². The van der Waals surface area contributed by atoms with Crippen LogP contribution in [0.15, 0.2) is 18.2 Å². The number of methoxy groups -OCH3 is 1. The Labute approximate surface area is 96.3 Å². The van der Waals surface area contributed by atoms with Crippen LogP contribution < -0.4 is 15.9 Å². The molecule has 0 aromatic heterocycles. The molecule has 1 fully saturated rings. The van der Waals surface area contributed by atoms with E-state index >= 15 is 0 Å². The molecule has 0 spiro atoms. The maximum Gasteiger partial charge on any atom is 0.121 e. The smallest absolute Gasteiger partial charge is 0.121 e. The summed E-state index contributed by atoms with van der Waals surface area (Å²) in [6, 6.07) is 5.67. The first kappa shape index (κ1) is 11.1. The predicted molar refractivity (Wildman–Crippen MR) is 66.5 cm³/mol. The van der Waals surface area contributed by atoms with Crippen molar-refractivity contribution in [3.05, 3.63) is 18.2 Å². The second-order valence-electron chi connectivity index (χ2n) is 4.11. The molecule has 0 radical (unpaired) electrons. The van der Waals surface area contributed by atoms with E-state index < -0.39 is 0 Å². The third kappa shape index (κ3) is 2.58. The van der Waals surface area contributed by atoms with Gasteiger partial charge in [-0.15, -0.1) is 0 Å². The van der Waals surface area contributed by atoms with Gasteiger partial charge in [-0.2, -0.15) is 0 Å². The first-order valence-electron chi connectivity index (χ1n) is 5.75. The zero-order valence-electron chi connectivity index (χ0n) is 9.70. The normalized spacial score (nSPS) is 17.1. The minimum absolute atomic E-state index is 0.756. The predicted octanol–water partition coefficient (Wildman–Crippen LogP) is 2.09. The number of piperidine rings is 1. The van der Waals surface area contributed by atoms with E-state index in [1.807, 2.05) is 18.2 Å². The topological polar surface area (TPSA) is 50.5 Å². The number of hydrogen-bond acceptors (Lipinski definition) is 4. The van der Waals surface area contributed by atoms with Gasteiger partial charge >= 0.3 is 0 Å². The van der Waals surface area contributed by atoms with Gasteiger partial charge in [0.05, 0.1) is 18.5 Å². The molecule has 0 saturated carbocycles. The standard InChI is InChI=1S/C12H19N3O/c1-16-10-5-6-11(13)12(9-10)14-15-7-3-2-4-8-15/h5-6,9,14H,2-4,7-8,13H2,1H3. The molecule has 1 aromatic carbocycles. The van der Waals surface area contributed by atoms with Crippen molar-refractivity contribution in [2.24, 2.45) is 0 Å². The molecular formula is C12H19N3O. The highest BCUT2D eigenvalue weighted by Gasteiger charge is 2.11. The van der Waals surface area contributed by atoms with Crippen molar-refractivity contribution in [2.75, 3.05) is 31.4 Å². The first-order chi connectivity index (χ1) is 7.79. The molecule has 1 heterocycles. The fourth-order valence-corrected chi connectivity index (χ4v) is 1.94. The fraction of sp³-hybridized carbons (Fsp3) is 0.500. The van der Waals surface area contributed by atoms with Gasteiger partial charge in [-0.25, -0.2) is 5.01 Å². The second kappa shape index (κ2) is 5.07. The van der Waals surface area contributed by atoms with E-state index in [0.717, 1.165) is 30.2 Å². The third-order valence-electron chi connectivity index (χ3n) is 2.90. The van der Waals surface area contributed by atoms with Gasteiger partial charge in [0.1, 0.15) is 5.75 Å². The van der Waals surface area contributed by atoms with E-state index in [4.69, 9.17) is 10.5 Å². The van der Waals surface area contributed by atoms with Gasteiger partial charge in [0.2, 0.25) is 0 Å². The summed E-state index contributed by atoms with van der Waals surface area (Å²) >= 11 is 0. The zero-order valence-corrected chi connectivity index (χ0v) is 9.70. The molecule has 0 amide bonds. The van der Waals surface area contributed by atoms with E-state index in [1.165, 1.54) is 19.3 Å². The molecule has 0 atom stereocenters. The van der Waals surface area contributed by atoms with Crippen LogP contribution in [0.2, 0.25) is 0 Å². The summed E-state index contributed by atoms with van der Waals surface area (Å²) in [5.41, 5.74) is 11.0. The highest BCUT2D eigenvalue weighted by atomic mass is 16.5. The number of hydrogen-bond donors (Lipinski definition) is 2. The lowest BCUT2D eigenvalue weighted by atomic mass is 10.2. The van der Waals surface area contributed by atoms with Gasteiger partial charge in [-0.1, -0.05) is 6.42 Å². The molecule has 1 aliphatic heterocycles. The van der Waals surface area contributed by atoms with Gasteiger partial charge in [0.15, 0.2) is 0 Å².